The first-order valence-corrected chi connectivity index (χ1v) is 34.2. The Morgan fingerprint density at radius 1 is 0.548 bits per heavy atom. The Bertz CT molecular complexity index is 1660. The van der Waals surface area contributed by atoms with Gasteiger partial charge in [0.1, 0.15) is 0 Å². The second kappa shape index (κ2) is 10.9. The van der Waals surface area contributed by atoms with Crippen LogP contribution in [0.2, 0.25) is 20.4 Å². The van der Waals surface area contributed by atoms with Crippen molar-refractivity contribution in [3.05, 3.63) is 130 Å². The molecule has 6 rings (SSSR count). The van der Waals surface area contributed by atoms with E-state index in [1.54, 1.807) is 11.1 Å². The van der Waals surface area contributed by atoms with Crippen molar-refractivity contribution in [2.24, 2.45) is 0 Å². The van der Waals surface area contributed by atoms with E-state index in [-0.39, 0.29) is 0 Å². The van der Waals surface area contributed by atoms with E-state index in [1.807, 2.05) is 0 Å². The van der Waals surface area contributed by atoms with Crippen LogP contribution >= 0.6 is 0 Å². The van der Waals surface area contributed by atoms with E-state index in [0.29, 0.717) is 7.35 Å². The molecule has 214 valence electrons. The monoisotopic (exact) mass is 734 g/mol. The van der Waals surface area contributed by atoms with Crippen LogP contribution in [-0.2, 0) is 17.1 Å². The van der Waals surface area contributed by atoms with Gasteiger partial charge in [0.05, 0.1) is 0 Å². The summed E-state index contributed by atoms with van der Waals surface area (Å²) in [6.45, 7) is 14.5. The number of rotatable bonds is 6. The third-order valence-corrected chi connectivity index (χ3v) is 69.5. The second-order valence-electron chi connectivity index (χ2n) is 14.4. The van der Waals surface area contributed by atoms with Crippen LogP contribution in [0.4, 0.5) is 0 Å². The topological polar surface area (TPSA) is 0 Å². The molecule has 0 fully saturated rings. The van der Waals surface area contributed by atoms with E-state index in [9.17, 15) is 0 Å². The fourth-order valence-electron chi connectivity index (χ4n) is 9.23. The molecule has 0 spiro atoms. The predicted octanol–water partition coefficient (Wildman–Crippen LogP) is 12.1. The van der Waals surface area contributed by atoms with Crippen molar-refractivity contribution in [3.63, 3.8) is 0 Å². The van der Waals surface area contributed by atoms with Gasteiger partial charge in [0.2, 0.25) is 0 Å². The molecular formula is C40H46HfSi. The molecule has 2 aliphatic rings. The van der Waals surface area contributed by atoms with Crippen molar-refractivity contribution < 1.29 is 17.1 Å². The molecule has 42 heavy (non-hydrogen) atoms. The maximum atomic E-state index is 2.89. The summed E-state index contributed by atoms with van der Waals surface area (Å²) >= 11 is -3.93. The van der Waals surface area contributed by atoms with Gasteiger partial charge in [-0.2, -0.15) is 0 Å². The first kappa shape index (κ1) is 29.5. The van der Waals surface area contributed by atoms with Gasteiger partial charge in [0.15, 0.2) is 0 Å². The SMILES string of the molecule is Cc1ccc(-c2cccc3c2C=C[CH]3[Hf]([CH3])([CH3])([CH]2C=Cc3c(-c4ccc(C)cc4)cccc32)=[Si](C(C)C)C(C)C)cc1. The van der Waals surface area contributed by atoms with E-state index in [1.165, 1.54) is 44.5 Å². The number of hydrogen-bond acceptors (Lipinski definition) is 0. The van der Waals surface area contributed by atoms with Gasteiger partial charge in [0.25, 0.3) is 0 Å². The van der Waals surface area contributed by atoms with Crippen molar-refractivity contribution in [1.82, 2.24) is 0 Å². The van der Waals surface area contributed by atoms with E-state index in [2.05, 4.69) is 160 Å². The minimum atomic E-state index is -3.93. The molecule has 0 aromatic heterocycles. The Kier molecular flexibility index (Phi) is 7.63. The average molecular weight is 733 g/mol. The third-order valence-electron chi connectivity index (χ3n) is 10.7. The summed E-state index contributed by atoms with van der Waals surface area (Å²) in [4.78, 5) is 0. The van der Waals surface area contributed by atoms with Crippen LogP contribution in [0, 0.1) is 13.8 Å². The first-order chi connectivity index (χ1) is 20.0. The molecule has 0 bridgehead atoms. The molecule has 2 atom stereocenters. The normalized spacial score (nSPS) is 17.7. The molecular weight excluding hydrogens is 687 g/mol. The van der Waals surface area contributed by atoms with Crippen molar-refractivity contribution in [2.75, 3.05) is 0 Å². The van der Waals surface area contributed by atoms with Gasteiger partial charge in [-0.3, -0.25) is 0 Å². The van der Waals surface area contributed by atoms with E-state index in [0.717, 1.165) is 11.1 Å². The molecule has 2 heteroatoms. The van der Waals surface area contributed by atoms with Crippen molar-refractivity contribution in [2.45, 2.75) is 69.3 Å². The Morgan fingerprint density at radius 3 is 1.29 bits per heavy atom. The maximum absolute atomic E-state index is 3.93. The Morgan fingerprint density at radius 2 is 0.929 bits per heavy atom. The fraction of sp³-hybridized carbons (Fsp3) is 0.300. The molecule has 0 aliphatic heterocycles. The number of aryl methyl sites for hydroxylation is 2. The molecule has 0 radical (unpaired) electrons. The van der Waals surface area contributed by atoms with Crippen LogP contribution in [0.1, 0.15) is 68.4 Å². The molecule has 4 aromatic rings. The van der Waals surface area contributed by atoms with Crippen molar-refractivity contribution in [3.8, 4) is 22.3 Å². The summed E-state index contributed by atoms with van der Waals surface area (Å²) in [6.07, 6.45) is 10.3. The van der Waals surface area contributed by atoms with Crippen LogP contribution in [0.3, 0.4) is 0 Å². The van der Waals surface area contributed by atoms with Gasteiger partial charge >= 0.3 is 257 Å². The van der Waals surface area contributed by atoms with Crippen LogP contribution in [-0.4, -0.2) is 5.49 Å². The van der Waals surface area contributed by atoms with Gasteiger partial charge in [-0.05, 0) is 0 Å². The zero-order valence-corrected chi connectivity index (χ0v) is 31.3. The molecule has 0 N–H and O–H groups in total. The van der Waals surface area contributed by atoms with Crippen LogP contribution in [0.5, 0.6) is 0 Å². The number of fused-ring (bicyclic) bond motifs is 2. The van der Waals surface area contributed by atoms with Crippen LogP contribution < -0.4 is 0 Å². The zero-order valence-electron chi connectivity index (χ0n) is 26.7. The molecule has 0 nitrogen and oxygen atoms in total. The first-order valence-electron chi connectivity index (χ1n) is 15.8. The summed E-state index contributed by atoms with van der Waals surface area (Å²) < 4.78 is 6.86. The van der Waals surface area contributed by atoms with Gasteiger partial charge in [-0.25, -0.2) is 0 Å². The van der Waals surface area contributed by atoms with Crippen LogP contribution in [0.15, 0.2) is 97.1 Å². The van der Waals surface area contributed by atoms with E-state index < -0.39 is 22.6 Å². The van der Waals surface area contributed by atoms with E-state index in [4.69, 9.17) is 0 Å². The average Bonchev–Trinajstić information content (AvgIpc) is 3.60. The van der Waals surface area contributed by atoms with Gasteiger partial charge in [0, 0.05) is 0 Å². The predicted molar refractivity (Wildman–Crippen MR) is 184 cm³/mol. The van der Waals surface area contributed by atoms with Crippen molar-refractivity contribution >= 4 is 17.6 Å². The molecule has 4 aromatic carbocycles. The third kappa shape index (κ3) is 4.65. The fourth-order valence-corrected chi connectivity index (χ4v) is 81.1. The minimum absolute atomic E-state index is 0.546. The summed E-state index contributed by atoms with van der Waals surface area (Å²) in [5, 5.41) is 0. The molecule has 0 heterocycles. The molecule has 2 unspecified atom stereocenters. The Labute approximate surface area is 255 Å². The van der Waals surface area contributed by atoms with Gasteiger partial charge < -0.3 is 0 Å². The molecule has 0 saturated carbocycles. The summed E-state index contributed by atoms with van der Waals surface area (Å²) in [5.74, 6) is 0. The molecule has 0 saturated heterocycles. The summed E-state index contributed by atoms with van der Waals surface area (Å²) in [7, 11) is 0. The second-order valence-corrected chi connectivity index (χ2v) is 60.0. The summed E-state index contributed by atoms with van der Waals surface area (Å²) in [5.41, 5.74) is 14.9. The quantitative estimate of drug-likeness (QED) is 0.173. The number of hydrogen-bond donors (Lipinski definition) is 0. The zero-order chi connectivity index (χ0) is 29.8. The van der Waals surface area contributed by atoms with Gasteiger partial charge in [-0.15, -0.1) is 0 Å². The molecule has 0 amide bonds. The van der Waals surface area contributed by atoms with Gasteiger partial charge in [-0.1, -0.05) is 0 Å². The summed E-state index contributed by atoms with van der Waals surface area (Å²) in [6, 6.07) is 32.5. The number of allylic oxidation sites excluding steroid dienone is 2. The Hall–Kier alpha value is -2.55. The Balaban J connectivity index is 1.59. The van der Waals surface area contributed by atoms with Crippen LogP contribution in [0.25, 0.3) is 34.4 Å². The van der Waals surface area contributed by atoms with Crippen molar-refractivity contribution in [1.29, 1.82) is 0 Å². The molecule has 2 aliphatic carbocycles. The number of benzene rings is 4. The standard InChI is InChI=1S/2C16H13.C6H14Si.2CH3.Hf/c2*1-12-8-10-14(11-9-12)16-7-3-5-13-4-2-6-15(13)16;1-5(2)7-6(3)4;;;/h2*2-11H,1H3;5-6H,1-4H3;2*1H3;. The van der Waals surface area contributed by atoms with E-state index >= 15 is 0 Å².